The molecule has 0 bridgehead atoms. The Morgan fingerprint density at radius 3 is 2.24 bits per heavy atom. The number of rotatable bonds is 5. The summed E-state index contributed by atoms with van der Waals surface area (Å²) in [5.74, 6) is -11.8. The number of aromatic nitrogens is 5. The molecule has 0 unspecified atom stereocenters. The molecule has 0 saturated carbocycles. The quantitative estimate of drug-likeness (QED) is 0.131. The average molecular weight is 621 g/mol. The Balaban J connectivity index is 1.52. The van der Waals surface area contributed by atoms with Gasteiger partial charge in [-0.2, -0.15) is 23.4 Å². The summed E-state index contributed by atoms with van der Waals surface area (Å²) < 4.78 is 112. The van der Waals surface area contributed by atoms with Crippen molar-refractivity contribution in [2.24, 2.45) is 0 Å². The molecule has 0 aliphatic rings. The van der Waals surface area contributed by atoms with Gasteiger partial charge in [-0.25, -0.2) is 31.5 Å². The second-order valence-corrected chi connectivity index (χ2v) is 9.93. The van der Waals surface area contributed by atoms with E-state index in [1.165, 1.54) is 13.8 Å². The number of anilines is 1. The predicted octanol–water partition coefficient (Wildman–Crippen LogP) is 6.94. The first-order chi connectivity index (χ1) is 19.2. The van der Waals surface area contributed by atoms with Crippen molar-refractivity contribution < 1.29 is 39.9 Å². The molecule has 0 radical (unpaired) electrons. The Hall–Kier alpha value is -4.05. The summed E-state index contributed by atoms with van der Waals surface area (Å²) in [7, 11) is 0. The molecular weight excluding hydrogens is 608 g/mol. The van der Waals surface area contributed by atoms with E-state index >= 15 is 0 Å². The van der Waals surface area contributed by atoms with Crippen LogP contribution in [0, 0.1) is 42.9 Å². The molecule has 1 aromatic carbocycles. The van der Waals surface area contributed by atoms with Gasteiger partial charge in [0.05, 0.1) is 39.8 Å². The van der Waals surface area contributed by atoms with Crippen LogP contribution in [0.1, 0.15) is 33.1 Å². The molecule has 5 aromatic rings. The zero-order valence-corrected chi connectivity index (χ0v) is 22.0. The summed E-state index contributed by atoms with van der Waals surface area (Å²) in [6.07, 6.45) is -4.89. The highest BCUT2D eigenvalue weighted by Crippen LogP contribution is 2.36. The largest absolute Gasteiger partial charge is 0.433 e. The van der Waals surface area contributed by atoms with Crippen molar-refractivity contribution >= 4 is 40.2 Å². The lowest BCUT2D eigenvalue weighted by Crippen LogP contribution is -2.16. The van der Waals surface area contributed by atoms with Crippen LogP contribution >= 0.6 is 22.9 Å². The number of carbonyl (C=O) groups is 1. The van der Waals surface area contributed by atoms with Crippen molar-refractivity contribution in [3.05, 3.63) is 86.0 Å². The van der Waals surface area contributed by atoms with Gasteiger partial charge in [0.25, 0.3) is 5.91 Å². The first-order valence-electron chi connectivity index (χ1n) is 11.3. The maximum absolute atomic E-state index is 14.2. The zero-order valence-electron chi connectivity index (χ0n) is 20.5. The molecule has 0 aliphatic carbocycles. The standard InChI is InChI=1S/C24H13ClF8N6OS/c1-8-20(9(2)38(36-8)7-10-15(26)17(28)19(30)18(29)16(10)27)35-23(40)21-14(25)22-34-11(12-4-3-5-41-12)6-13(24(31,32)33)39(22)37-21/h3-6H,7H2,1-2H3,(H,35,40). The average Bonchev–Trinajstić information content (AvgIpc) is 3.63. The molecule has 5 rings (SSSR count). The van der Waals surface area contributed by atoms with Gasteiger partial charge in [-0.1, -0.05) is 17.7 Å². The van der Waals surface area contributed by atoms with Gasteiger partial charge < -0.3 is 5.32 Å². The minimum atomic E-state index is -4.89. The monoisotopic (exact) mass is 620 g/mol. The summed E-state index contributed by atoms with van der Waals surface area (Å²) in [6, 6.07) is 3.94. The number of carbonyl (C=O) groups excluding carboxylic acids is 1. The first kappa shape index (κ1) is 28.5. The van der Waals surface area contributed by atoms with Gasteiger partial charge >= 0.3 is 6.18 Å². The number of hydrogen-bond donors (Lipinski definition) is 1. The molecule has 4 heterocycles. The molecule has 0 aliphatic heterocycles. The number of nitrogens with one attached hydrogen (secondary N) is 1. The topological polar surface area (TPSA) is 77.1 Å². The highest BCUT2D eigenvalue weighted by atomic mass is 35.5. The minimum Gasteiger partial charge on any atom is -0.317 e. The van der Waals surface area contributed by atoms with Crippen LogP contribution in [-0.4, -0.2) is 30.3 Å². The fraction of sp³-hybridized carbons (Fsp3) is 0.167. The molecule has 1 amide bonds. The number of thiophene rings is 1. The lowest BCUT2D eigenvalue weighted by Gasteiger charge is -2.10. The first-order valence-corrected chi connectivity index (χ1v) is 12.5. The molecule has 0 saturated heterocycles. The van der Waals surface area contributed by atoms with Gasteiger partial charge in [-0.3, -0.25) is 9.48 Å². The lowest BCUT2D eigenvalue weighted by atomic mass is 10.1. The number of nitrogens with zero attached hydrogens (tertiary/aromatic N) is 5. The summed E-state index contributed by atoms with van der Waals surface area (Å²) in [5, 5.41) is 11.2. The fourth-order valence-corrected chi connectivity index (χ4v) is 4.96. The lowest BCUT2D eigenvalue weighted by molar-refractivity contribution is -0.142. The van der Waals surface area contributed by atoms with Crippen LogP contribution in [0.3, 0.4) is 0 Å². The molecule has 17 heteroatoms. The van der Waals surface area contributed by atoms with E-state index in [1.807, 2.05) is 0 Å². The molecule has 0 atom stereocenters. The highest BCUT2D eigenvalue weighted by molar-refractivity contribution is 7.13. The van der Waals surface area contributed by atoms with E-state index in [0.717, 1.165) is 22.1 Å². The SMILES string of the molecule is Cc1nn(Cc2c(F)c(F)c(F)c(F)c2F)c(C)c1NC(=O)c1nn2c(C(F)(F)F)cc(-c3cccs3)nc2c1Cl. The second-order valence-electron chi connectivity index (χ2n) is 8.61. The third kappa shape index (κ3) is 4.80. The van der Waals surface area contributed by atoms with E-state index in [0.29, 0.717) is 9.39 Å². The number of hydrogen-bond acceptors (Lipinski definition) is 5. The van der Waals surface area contributed by atoms with Gasteiger partial charge in [0.1, 0.15) is 5.02 Å². The smallest absolute Gasteiger partial charge is 0.317 e. The van der Waals surface area contributed by atoms with Crippen LogP contribution in [0.25, 0.3) is 16.2 Å². The minimum absolute atomic E-state index is 0.0220. The van der Waals surface area contributed by atoms with Crippen molar-refractivity contribution in [3.63, 3.8) is 0 Å². The van der Waals surface area contributed by atoms with Gasteiger partial charge in [-0.05, 0) is 31.4 Å². The third-order valence-corrected chi connectivity index (χ3v) is 7.28. The number of alkyl halides is 3. The summed E-state index contributed by atoms with van der Waals surface area (Å²) >= 11 is 7.40. The van der Waals surface area contributed by atoms with Gasteiger partial charge in [0.2, 0.25) is 5.82 Å². The number of benzene rings is 1. The fourth-order valence-electron chi connectivity index (χ4n) is 4.03. The number of halogens is 9. The second kappa shape index (κ2) is 10.1. The molecule has 7 nitrogen and oxygen atoms in total. The number of aryl methyl sites for hydroxylation is 1. The van der Waals surface area contributed by atoms with E-state index in [9.17, 15) is 39.9 Å². The third-order valence-electron chi connectivity index (χ3n) is 6.04. The van der Waals surface area contributed by atoms with Gasteiger partial charge in [0.15, 0.2) is 40.3 Å². The van der Waals surface area contributed by atoms with Crippen LogP contribution in [0.15, 0.2) is 23.6 Å². The summed E-state index contributed by atoms with van der Waals surface area (Å²) in [6.45, 7) is 1.79. The van der Waals surface area contributed by atoms with E-state index < -0.39 is 75.3 Å². The number of fused-ring (bicyclic) bond motifs is 1. The van der Waals surface area contributed by atoms with Crippen molar-refractivity contribution in [2.75, 3.05) is 5.32 Å². The molecule has 0 spiro atoms. The zero-order chi connectivity index (χ0) is 30.0. The predicted molar refractivity (Wildman–Crippen MR) is 131 cm³/mol. The molecule has 41 heavy (non-hydrogen) atoms. The molecular formula is C24H13ClF8N6OS. The van der Waals surface area contributed by atoms with Crippen LogP contribution in [-0.2, 0) is 12.7 Å². The van der Waals surface area contributed by atoms with Crippen LogP contribution in [0.4, 0.5) is 40.8 Å². The number of amides is 1. The van der Waals surface area contributed by atoms with Crippen LogP contribution in [0.5, 0.6) is 0 Å². The molecule has 0 fully saturated rings. The Morgan fingerprint density at radius 2 is 1.66 bits per heavy atom. The normalized spacial score (nSPS) is 12.0. The van der Waals surface area contributed by atoms with Gasteiger partial charge in [-0.15, -0.1) is 11.3 Å². The van der Waals surface area contributed by atoms with E-state index in [1.54, 1.807) is 17.5 Å². The maximum Gasteiger partial charge on any atom is 0.433 e. The van der Waals surface area contributed by atoms with Crippen molar-refractivity contribution in [1.82, 2.24) is 24.4 Å². The summed E-state index contributed by atoms with van der Waals surface area (Å²) in [4.78, 5) is 17.7. The Kier molecular flexibility index (Phi) is 7.01. The molecule has 214 valence electrons. The van der Waals surface area contributed by atoms with Crippen LogP contribution in [0.2, 0.25) is 5.02 Å². The maximum atomic E-state index is 14.2. The Morgan fingerprint density at radius 1 is 1.02 bits per heavy atom. The van der Waals surface area contributed by atoms with E-state index in [2.05, 4.69) is 20.5 Å². The summed E-state index contributed by atoms with van der Waals surface area (Å²) in [5.41, 5.74) is -3.51. The molecule has 4 aromatic heterocycles. The van der Waals surface area contributed by atoms with Gasteiger partial charge in [0, 0.05) is 0 Å². The van der Waals surface area contributed by atoms with E-state index in [-0.39, 0.29) is 22.8 Å². The Bertz CT molecular complexity index is 1820. The Labute approximate surface area is 233 Å². The van der Waals surface area contributed by atoms with Crippen LogP contribution < -0.4 is 5.32 Å². The highest BCUT2D eigenvalue weighted by Gasteiger charge is 2.37. The molecule has 1 N–H and O–H groups in total. The van der Waals surface area contributed by atoms with Crippen molar-refractivity contribution in [1.29, 1.82) is 0 Å². The van der Waals surface area contributed by atoms with Crippen molar-refractivity contribution in [3.8, 4) is 10.6 Å². The van der Waals surface area contributed by atoms with E-state index in [4.69, 9.17) is 11.6 Å². The van der Waals surface area contributed by atoms with Crippen molar-refractivity contribution in [2.45, 2.75) is 26.6 Å².